The molecule has 5 heteroatoms. The fraction of sp³-hybridized carbons (Fsp3) is 0.0909. The summed E-state index contributed by atoms with van der Waals surface area (Å²) in [5, 5.41) is 0.903. The first kappa shape index (κ1) is 17.4. The maximum Gasteiger partial charge on any atom is 0.185 e. The van der Waals surface area contributed by atoms with Crippen LogP contribution in [0.3, 0.4) is 0 Å². The lowest BCUT2D eigenvalue weighted by Gasteiger charge is -2.10. The Morgan fingerprint density at radius 3 is 2.19 bits per heavy atom. The zero-order chi connectivity index (χ0) is 18.9. The average Bonchev–Trinajstić information content (AvgIpc) is 2.68. The number of hydrogen-bond donors (Lipinski definition) is 0. The number of aromatic nitrogens is 2. The summed E-state index contributed by atoms with van der Waals surface area (Å²) in [6, 6.07) is 24.3. The number of aryl methyl sites for hydroxylation is 1. The molecule has 4 nitrogen and oxygen atoms in total. The van der Waals surface area contributed by atoms with Gasteiger partial charge in [0.1, 0.15) is 11.6 Å². The number of hydrogen-bond acceptors (Lipinski definition) is 4. The Balaban J connectivity index is 1.82. The van der Waals surface area contributed by atoms with Crippen LogP contribution in [-0.2, 0) is 15.6 Å². The molecule has 4 aromatic rings. The molecule has 27 heavy (non-hydrogen) atoms. The van der Waals surface area contributed by atoms with Gasteiger partial charge in [-0.2, -0.15) is 0 Å². The highest BCUT2D eigenvalue weighted by atomic mass is 32.2. The van der Waals surface area contributed by atoms with E-state index in [9.17, 15) is 8.42 Å². The lowest BCUT2D eigenvalue weighted by molar-refractivity contribution is 0.594. The van der Waals surface area contributed by atoms with Gasteiger partial charge in [0.05, 0.1) is 16.1 Å². The number of benzene rings is 3. The zero-order valence-electron chi connectivity index (χ0n) is 14.8. The summed E-state index contributed by atoms with van der Waals surface area (Å²) in [5.74, 6) is 0.0638. The maximum atomic E-state index is 12.8. The van der Waals surface area contributed by atoms with Gasteiger partial charge >= 0.3 is 0 Å². The molecule has 0 aliphatic carbocycles. The van der Waals surface area contributed by atoms with Gasteiger partial charge in [-0.15, -0.1) is 0 Å². The molecule has 0 saturated heterocycles. The highest BCUT2D eigenvalue weighted by Gasteiger charge is 2.19. The van der Waals surface area contributed by atoms with E-state index in [0.717, 1.165) is 27.7 Å². The molecule has 0 spiro atoms. The largest absolute Gasteiger partial charge is 0.232 e. The van der Waals surface area contributed by atoms with E-state index in [1.807, 2.05) is 61.5 Å². The van der Waals surface area contributed by atoms with E-state index in [2.05, 4.69) is 9.97 Å². The number of nitrogens with zero attached hydrogens (tertiary/aromatic N) is 2. The molecule has 1 aromatic heterocycles. The van der Waals surface area contributed by atoms with Crippen molar-refractivity contribution in [2.24, 2.45) is 0 Å². The molecule has 134 valence electrons. The first-order valence-electron chi connectivity index (χ1n) is 8.63. The van der Waals surface area contributed by atoms with E-state index < -0.39 is 9.84 Å². The smallest absolute Gasteiger partial charge is 0.185 e. The van der Waals surface area contributed by atoms with Crippen LogP contribution in [0.25, 0.3) is 22.2 Å². The van der Waals surface area contributed by atoms with Gasteiger partial charge in [0.25, 0.3) is 0 Å². The molecule has 0 amide bonds. The van der Waals surface area contributed by atoms with Gasteiger partial charge in [-0.05, 0) is 25.1 Å². The van der Waals surface area contributed by atoms with Gasteiger partial charge in [-0.1, -0.05) is 66.2 Å². The second-order valence-corrected chi connectivity index (χ2v) is 8.43. The molecule has 0 unspecified atom stereocenters. The number of rotatable bonds is 4. The van der Waals surface area contributed by atoms with E-state index in [0.29, 0.717) is 5.82 Å². The van der Waals surface area contributed by atoms with Crippen LogP contribution in [0.4, 0.5) is 0 Å². The summed E-state index contributed by atoms with van der Waals surface area (Å²) < 4.78 is 25.6. The third-order valence-corrected chi connectivity index (χ3v) is 6.02. The Kier molecular flexibility index (Phi) is 4.46. The highest BCUT2D eigenvalue weighted by molar-refractivity contribution is 7.90. The fourth-order valence-corrected chi connectivity index (χ4v) is 4.19. The summed E-state index contributed by atoms with van der Waals surface area (Å²) in [6.07, 6.45) is 0. The number of para-hydroxylation sites is 1. The van der Waals surface area contributed by atoms with Crippen LogP contribution in [0.2, 0.25) is 0 Å². The summed E-state index contributed by atoms with van der Waals surface area (Å²) in [6.45, 7) is 1.93. The predicted octanol–water partition coefficient (Wildman–Crippen LogP) is 4.58. The van der Waals surface area contributed by atoms with Crippen LogP contribution in [0.5, 0.6) is 0 Å². The van der Waals surface area contributed by atoms with Crippen LogP contribution in [0.15, 0.2) is 83.8 Å². The van der Waals surface area contributed by atoms with Crippen molar-refractivity contribution in [3.8, 4) is 11.3 Å². The Bertz CT molecular complexity index is 1200. The second kappa shape index (κ2) is 6.93. The van der Waals surface area contributed by atoms with E-state index >= 15 is 0 Å². The van der Waals surface area contributed by atoms with Gasteiger partial charge in [-0.3, -0.25) is 0 Å². The molecule has 0 N–H and O–H groups in total. The molecule has 0 aliphatic rings. The van der Waals surface area contributed by atoms with Crippen molar-refractivity contribution < 1.29 is 8.42 Å². The van der Waals surface area contributed by atoms with Crippen LogP contribution in [0.1, 0.15) is 11.4 Å². The lowest BCUT2D eigenvalue weighted by atomic mass is 10.1. The van der Waals surface area contributed by atoms with Gasteiger partial charge < -0.3 is 0 Å². The number of sulfone groups is 1. The maximum absolute atomic E-state index is 12.8. The van der Waals surface area contributed by atoms with E-state index in [-0.39, 0.29) is 10.6 Å². The van der Waals surface area contributed by atoms with Crippen molar-refractivity contribution in [3.05, 3.63) is 90.3 Å². The van der Waals surface area contributed by atoms with Crippen LogP contribution >= 0.6 is 0 Å². The van der Waals surface area contributed by atoms with E-state index in [1.165, 1.54) is 0 Å². The molecule has 0 aliphatic heterocycles. The minimum Gasteiger partial charge on any atom is -0.232 e. The fourth-order valence-electron chi connectivity index (χ4n) is 3.00. The molecule has 0 fully saturated rings. The molecule has 0 atom stereocenters. The van der Waals surface area contributed by atoms with E-state index in [4.69, 9.17) is 0 Å². The number of fused-ring (bicyclic) bond motifs is 1. The van der Waals surface area contributed by atoms with Crippen LogP contribution < -0.4 is 0 Å². The first-order valence-corrected chi connectivity index (χ1v) is 10.3. The van der Waals surface area contributed by atoms with Crippen molar-refractivity contribution >= 4 is 20.7 Å². The standard InChI is InChI=1S/C22H18N2O2S/c1-16-11-13-18(14-12-16)27(25,26)15-21-23-20-10-6-5-9-19(20)22(24-21)17-7-3-2-4-8-17/h2-14H,15H2,1H3. The summed E-state index contributed by atoms with van der Waals surface area (Å²) >= 11 is 0. The van der Waals surface area contributed by atoms with E-state index in [1.54, 1.807) is 24.3 Å². The van der Waals surface area contributed by atoms with Gasteiger partial charge in [0.2, 0.25) is 0 Å². The predicted molar refractivity (Wildman–Crippen MR) is 107 cm³/mol. The Labute approximate surface area is 158 Å². The van der Waals surface area contributed by atoms with Crippen molar-refractivity contribution in [2.45, 2.75) is 17.6 Å². The average molecular weight is 374 g/mol. The minimum absolute atomic E-state index is 0.235. The topological polar surface area (TPSA) is 59.9 Å². The second-order valence-electron chi connectivity index (χ2n) is 6.44. The van der Waals surface area contributed by atoms with Crippen molar-refractivity contribution in [3.63, 3.8) is 0 Å². The monoisotopic (exact) mass is 374 g/mol. The van der Waals surface area contributed by atoms with Crippen molar-refractivity contribution in [2.75, 3.05) is 0 Å². The summed E-state index contributed by atoms with van der Waals surface area (Å²) in [4.78, 5) is 9.39. The summed E-state index contributed by atoms with van der Waals surface area (Å²) in [7, 11) is -3.52. The van der Waals surface area contributed by atoms with Crippen molar-refractivity contribution in [1.82, 2.24) is 9.97 Å². The Morgan fingerprint density at radius 1 is 0.778 bits per heavy atom. The molecular formula is C22H18N2O2S. The van der Waals surface area contributed by atoms with Gasteiger partial charge in [-0.25, -0.2) is 18.4 Å². The van der Waals surface area contributed by atoms with Gasteiger partial charge in [0.15, 0.2) is 9.84 Å². The molecule has 1 heterocycles. The zero-order valence-corrected chi connectivity index (χ0v) is 15.6. The lowest BCUT2D eigenvalue weighted by Crippen LogP contribution is -2.09. The Hall–Kier alpha value is -3.05. The van der Waals surface area contributed by atoms with Crippen molar-refractivity contribution in [1.29, 1.82) is 0 Å². The first-order chi connectivity index (χ1) is 13.0. The van der Waals surface area contributed by atoms with Gasteiger partial charge in [0, 0.05) is 10.9 Å². The Morgan fingerprint density at radius 2 is 1.44 bits per heavy atom. The third-order valence-electron chi connectivity index (χ3n) is 4.40. The van der Waals surface area contributed by atoms with Crippen LogP contribution in [-0.4, -0.2) is 18.4 Å². The molecule has 0 bridgehead atoms. The molecule has 3 aromatic carbocycles. The third kappa shape index (κ3) is 3.59. The summed E-state index contributed by atoms with van der Waals surface area (Å²) in [5.41, 5.74) is 3.43. The van der Waals surface area contributed by atoms with Crippen LogP contribution in [0, 0.1) is 6.92 Å². The minimum atomic E-state index is -3.52. The molecular weight excluding hydrogens is 356 g/mol. The molecule has 4 rings (SSSR count). The normalized spacial score (nSPS) is 11.6. The quantitative estimate of drug-likeness (QED) is 0.525. The molecule has 0 saturated carbocycles. The molecule has 0 radical (unpaired) electrons. The highest BCUT2D eigenvalue weighted by Crippen LogP contribution is 2.27. The SMILES string of the molecule is Cc1ccc(S(=O)(=O)Cc2nc(-c3ccccc3)c3ccccc3n2)cc1.